The van der Waals surface area contributed by atoms with Crippen molar-refractivity contribution in [2.45, 2.75) is 31.6 Å². The number of thiophene rings is 1. The highest BCUT2D eigenvalue weighted by Crippen LogP contribution is 2.19. The van der Waals surface area contributed by atoms with E-state index < -0.39 is 26.7 Å². The molecule has 0 bridgehead atoms. The van der Waals surface area contributed by atoms with Crippen molar-refractivity contribution in [2.75, 3.05) is 6.54 Å². The van der Waals surface area contributed by atoms with Crippen LogP contribution in [0.15, 0.2) is 16.8 Å². The summed E-state index contributed by atoms with van der Waals surface area (Å²) in [6.07, 6.45) is 0. The summed E-state index contributed by atoms with van der Waals surface area (Å²) in [4.78, 5) is 10.2. The van der Waals surface area contributed by atoms with Gasteiger partial charge in [0.05, 0.1) is 15.7 Å². The molecular formula is C10H16N2O3S2. The zero-order valence-electron chi connectivity index (χ0n) is 10.0. The Labute approximate surface area is 107 Å². The molecule has 0 amide bonds. The molecule has 2 unspecified atom stereocenters. The van der Waals surface area contributed by atoms with Gasteiger partial charge in [-0.3, -0.25) is 10.1 Å². The van der Waals surface area contributed by atoms with E-state index in [9.17, 15) is 14.3 Å². The highest BCUT2D eigenvalue weighted by Gasteiger charge is 2.26. The van der Waals surface area contributed by atoms with Gasteiger partial charge in [-0.2, -0.15) is 11.3 Å². The summed E-state index contributed by atoms with van der Waals surface area (Å²) in [5.74, 6) is 0. The lowest BCUT2D eigenvalue weighted by Crippen LogP contribution is -2.38. The lowest BCUT2D eigenvalue weighted by molar-refractivity contribution is -0.483. The Morgan fingerprint density at radius 3 is 2.65 bits per heavy atom. The smallest absolute Gasteiger partial charge is 0.224 e. The molecule has 0 saturated carbocycles. The van der Waals surface area contributed by atoms with E-state index >= 15 is 0 Å². The van der Waals surface area contributed by atoms with Crippen molar-refractivity contribution in [3.8, 4) is 0 Å². The minimum Gasteiger partial charge on any atom is -0.264 e. The van der Waals surface area contributed by atoms with Crippen LogP contribution in [0.25, 0.3) is 0 Å². The minimum absolute atomic E-state index is 0.265. The largest absolute Gasteiger partial charge is 0.264 e. The highest BCUT2D eigenvalue weighted by molar-refractivity contribution is 7.84. The third-order valence-electron chi connectivity index (χ3n) is 2.08. The molecule has 0 aliphatic heterocycles. The van der Waals surface area contributed by atoms with Crippen LogP contribution in [0.3, 0.4) is 0 Å². The lowest BCUT2D eigenvalue weighted by atomic mass is 10.2. The van der Waals surface area contributed by atoms with Gasteiger partial charge in [0.25, 0.3) is 0 Å². The molecule has 1 aromatic heterocycles. The Hall–Kier alpha value is -0.790. The molecule has 0 aliphatic rings. The van der Waals surface area contributed by atoms with E-state index in [-0.39, 0.29) is 6.54 Å². The average molecular weight is 276 g/mol. The molecule has 1 N–H and O–H groups in total. The van der Waals surface area contributed by atoms with E-state index in [1.54, 1.807) is 0 Å². The molecule has 2 atom stereocenters. The zero-order chi connectivity index (χ0) is 13.1. The Bertz CT molecular complexity index is 398. The normalized spacial score (nSPS) is 15.5. The van der Waals surface area contributed by atoms with Crippen LogP contribution in [-0.4, -0.2) is 20.4 Å². The molecule has 1 aromatic rings. The summed E-state index contributed by atoms with van der Waals surface area (Å²) in [6, 6.07) is 1.31. The van der Waals surface area contributed by atoms with Crippen molar-refractivity contribution in [1.29, 1.82) is 0 Å². The monoisotopic (exact) mass is 276 g/mol. The molecule has 0 spiro atoms. The van der Waals surface area contributed by atoms with Crippen molar-refractivity contribution in [1.82, 2.24) is 4.72 Å². The molecule has 0 fully saturated rings. The Kier molecular flexibility index (Phi) is 4.79. The van der Waals surface area contributed by atoms with Crippen LogP contribution in [0.4, 0.5) is 0 Å². The zero-order valence-corrected chi connectivity index (χ0v) is 11.6. The minimum atomic E-state index is -1.32. The molecule has 1 heterocycles. The van der Waals surface area contributed by atoms with Crippen LogP contribution in [0.5, 0.6) is 0 Å². The van der Waals surface area contributed by atoms with Crippen molar-refractivity contribution in [3.63, 3.8) is 0 Å². The topological polar surface area (TPSA) is 72.2 Å². The summed E-state index contributed by atoms with van der Waals surface area (Å²) in [7, 11) is -1.32. The van der Waals surface area contributed by atoms with Crippen LogP contribution < -0.4 is 4.72 Å². The predicted octanol–water partition coefficient (Wildman–Crippen LogP) is 2.12. The Morgan fingerprint density at radius 2 is 2.24 bits per heavy atom. The summed E-state index contributed by atoms with van der Waals surface area (Å²) < 4.78 is 14.3. The molecule has 7 heteroatoms. The van der Waals surface area contributed by atoms with Gasteiger partial charge >= 0.3 is 0 Å². The first-order chi connectivity index (χ1) is 7.80. The van der Waals surface area contributed by atoms with E-state index in [1.807, 2.05) is 37.6 Å². The summed E-state index contributed by atoms with van der Waals surface area (Å²) in [6.45, 7) is 5.21. The fourth-order valence-corrected chi connectivity index (χ4v) is 2.68. The molecule has 0 aliphatic carbocycles. The second kappa shape index (κ2) is 5.70. The quantitative estimate of drug-likeness (QED) is 0.661. The standard InChI is InChI=1S/C10H16N2O3S2/c1-10(2,3)17(15)11-9(6-12(13)14)8-4-5-16-7-8/h4-5,7,9,11H,6H2,1-3H3. The molecule has 0 radical (unpaired) electrons. The number of hydrogen-bond donors (Lipinski definition) is 1. The molecule has 0 saturated heterocycles. The van der Waals surface area contributed by atoms with Crippen molar-refractivity contribution < 1.29 is 9.13 Å². The second-order valence-electron chi connectivity index (χ2n) is 4.62. The van der Waals surface area contributed by atoms with E-state index in [1.165, 1.54) is 11.3 Å². The summed E-state index contributed by atoms with van der Waals surface area (Å²) >= 11 is 1.47. The number of rotatable bonds is 5. The molecule has 5 nitrogen and oxygen atoms in total. The van der Waals surface area contributed by atoms with Crippen LogP contribution in [0.1, 0.15) is 32.4 Å². The third-order valence-corrected chi connectivity index (χ3v) is 4.40. The van der Waals surface area contributed by atoms with Gasteiger partial charge in [-0.1, -0.05) is 0 Å². The van der Waals surface area contributed by atoms with Gasteiger partial charge in [-0.05, 0) is 43.2 Å². The lowest BCUT2D eigenvalue weighted by Gasteiger charge is -2.21. The maximum Gasteiger partial charge on any atom is 0.224 e. The maximum absolute atomic E-state index is 11.9. The molecule has 96 valence electrons. The first-order valence-electron chi connectivity index (χ1n) is 5.12. The molecule has 1 rings (SSSR count). The second-order valence-corrected chi connectivity index (χ2v) is 7.40. The van der Waals surface area contributed by atoms with Crippen LogP contribution >= 0.6 is 11.3 Å². The third kappa shape index (κ3) is 4.53. The van der Waals surface area contributed by atoms with Crippen molar-refractivity contribution >= 4 is 22.3 Å². The number of nitrogens with one attached hydrogen (secondary N) is 1. The SMILES string of the molecule is CC(C)(C)S(=O)NC(C[N+](=O)[O-])c1ccsc1. The number of hydrogen-bond acceptors (Lipinski definition) is 4. The first-order valence-corrected chi connectivity index (χ1v) is 7.22. The van der Waals surface area contributed by atoms with Gasteiger partial charge in [0.2, 0.25) is 6.54 Å². The predicted molar refractivity (Wildman–Crippen MR) is 70.0 cm³/mol. The summed E-state index contributed by atoms with van der Waals surface area (Å²) in [5.41, 5.74) is 0.810. The van der Waals surface area contributed by atoms with Crippen LogP contribution in [-0.2, 0) is 11.0 Å². The van der Waals surface area contributed by atoms with Crippen molar-refractivity contribution in [2.24, 2.45) is 0 Å². The van der Waals surface area contributed by atoms with E-state index in [0.717, 1.165) is 5.56 Å². The van der Waals surface area contributed by atoms with Gasteiger partial charge < -0.3 is 0 Å². The number of nitrogens with zero attached hydrogens (tertiary/aromatic N) is 1. The van der Waals surface area contributed by atoms with Crippen LogP contribution in [0.2, 0.25) is 0 Å². The van der Waals surface area contributed by atoms with Gasteiger partial charge in [0.15, 0.2) is 0 Å². The van der Waals surface area contributed by atoms with Gasteiger partial charge in [0.1, 0.15) is 6.04 Å². The fraction of sp³-hybridized carbons (Fsp3) is 0.600. The van der Waals surface area contributed by atoms with Gasteiger partial charge in [0, 0.05) is 4.92 Å². The van der Waals surface area contributed by atoms with Crippen molar-refractivity contribution in [3.05, 3.63) is 32.5 Å². The van der Waals surface area contributed by atoms with E-state index in [0.29, 0.717) is 0 Å². The Morgan fingerprint density at radius 1 is 1.59 bits per heavy atom. The first kappa shape index (κ1) is 14.3. The highest BCUT2D eigenvalue weighted by atomic mass is 32.2. The average Bonchev–Trinajstić information content (AvgIpc) is 2.66. The Balaban J connectivity index is 2.79. The van der Waals surface area contributed by atoms with E-state index in [4.69, 9.17) is 0 Å². The molecular weight excluding hydrogens is 260 g/mol. The van der Waals surface area contributed by atoms with Gasteiger partial charge in [-0.25, -0.2) is 8.93 Å². The maximum atomic E-state index is 11.9. The fourth-order valence-electron chi connectivity index (χ4n) is 1.14. The van der Waals surface area contributed by atoms with E-state index in [2.05, 4.69) is 4.72 Å². The van der Waals surface area contributed by atoms with Crippen LogP contribution in [0, 0.1) is 10.1 Å². The van der Waals surface area contributed by atoms with Gasteiger partial charge in [-0.15, -0.1) is 0 Å². The summed E-state index contributed by atoms with van der Waals surface area (Å²) in [5, 5.41) is 14.3. The molecule has 17 heavy (non-hydrogen) atoms. The number of nitro groups is 1. The molecule has 0 aromatic carbocycles.